The average molecular weight is 260 g/mol. The largest absolute Gasteiger partial charge is 0.488 e. The fraction of sp³-hybridized carbons (Fsp3) is 0.267. The van der Waals surface area contributed by atoms with Gasteiger partial charge in [0.2, 0.25) is 0 Å². The van der Waals surface area contributed by atoms with Gasteiger partial charge in [0.25, 0.3) is 0 Å². The van der Waals surface area contributed by atoms with Gasteiger partial charge in [-0.05, 0) is 16.8 Å². The molecule has 0 spiro atoms. The minimum atomic E-state index is -0.453. The molecule has 0 aliphatic heterocycles. The summed E-state index contributed by atoms with van der Waals surface area (Å²) in [6, 6.07) is 11.4. The van der Waals surface area contributed by atoms with Crippen molar-refractivity contribution in [3.63, 3.8) is 0 Å². The number of hydrogen-bond acceptors (Lipinski definition) is 4. The normalized spacial score (nSPS) is 10.9. The van der Waals surface area contributed by atoms with Gasteiger partial charge >= 0.3 is 0 Å². The van der Waals surface area contributed by atoms with E-state index < -0.39 is 6.29 Å². The second-order valence-electron chi connectivity index (χ2n) is 4.03. The number of methoxy groups -OCH3 is 2. The first kappa shape index (κ1) is 13.5. The van der Waals surface area contributed by atoms with E-state index in [-0.39, 0.29) is 6.61 Å². The number of carbonyl (C=O) groups is 1. The van der Waals surface area contributed by atoms with Crippen LogP contribution < -0.4 is 4.74 Å². The van der Waals surface area contributed by atoms with Crippen LogP contribution >= 0.6 is 0 Å². The Morgan fingerprint density at radius 1 is 1.11 bits per heavy atom. The highest BCUT2D eigenvalue weighted by Crippen LogP contribution is 2.26. The summed E-state index contributed by atoms with van der Waals surface area (Å²) in [5.41, 5.74) is 0.545. The van der Waals surface area contributed by atoms with Crippen molar-refractivity contribution in [2.24, 2.45) is 0 Å². The smallest absolute Gasteiger partial charge is 0.191 e. The third-order valence-corrected chi connectivity index (χ3v) is 2.95. The molecule has 19 heavy (non-hydrogen) atoms. The van der Waals surface area contributed by atoms with Gasteiger partial charge in [0.05, 0.1) is 5.56 Å². The van der Waals surface area contributed by atoms with Crippen molar-refractivity contribution in [3.05, 3.63) is 42.0 Å². The Hall–Kier alpha value is -1.91. The topological polar surface area (TPSA) is 44.8 Å². The van der Waals surface area contributed by atoms with Crippen molar-refractivity contribution < 1.29 is 19.0 Å². The first-order valence-electron chi connectivity index (χ1n) is 5.95. The SMILES string of the molecule is COC(COc1ccc2ccccc2c1C=O)OC. The van der Waals surface area contributed by atoms with Gasteiger partial charge in [-0.25, -0.2) is 0 Å². The lowest BCUT2D eigenvalue weighted by molar-refractivity contribution is -0.122. The van der Waals surface area contributed by atoms with Crippen LogP contribution in [0.5, 0.6) is 5.75 Å². The maximum atomic E-state index is 11.3. The molecule has 0 aromatic heterocycles. The molecule has 2 aromatic rings. The van der Waals surface area contributed by atoms with Crippen LogP contribution in [0.25, 0.3) is 10.8 Å². The second-order valence-corrected chi connectivity index (χ2v) is 4.03. The molecule has 2 rings (SSSR count). The fourth-order valence-corrected chi connectivity index (χ4v) is 1.91. The number of aldehydes is 1. The number of hydrogen-bond donors (Lipinski definition) is 0. The Kier molecular flexibility index (Phi) is 4.49. The summed E-state index contributed by atoms with van der Waals surface area (Å²) in [4.78, 5) is 11.3. The summed E-state index contributed by atoms with van der Waals surface area (Å²) in [6.07, 6.45) is 0.359. The molecule has 4 heteroatoms. The summed E-state index contributed by atoms with van der Waals surface area (Å²) in [6.45, 7) is 0.228. The molecule has 0 N–H and O–H groups in total. The van der Waals surface area contributed by atoms with Gasteiger partial charge in [-0.2, -0.15) is 0 Å². The third-order valence-electron chi connectivity index (χ3n) is 2.95. The van der Waals surface area contributed by atoms with Gasteiger partial charge in [-0.15, -0.1) is 0 Å². The lowest BCUT2D eigenvalue weighted by Gasteiger charge is -2.16. The first-order valence-corrected chi connectivity index (χ1v) is 5.95. The zero-order valence-corrected chi connectivity index (χ0v) is 11.0. The van der Waals surface area contributed by atoms with Crippen molar-refractivity contribution >= 4 is 17.1 Å². The summed E-state index contributed by atoms with van der Waals surface area (Å²) in [7, 11) is 3.08. The summed E-state index contributed by atoms with van der Waals surface area (Å²) >= 11 is 0. The van der Waals surface area contributed by atoms with Crippen molar-refractivity contribution in [1.82, 2.24) is 0 Å². The lowest BCUT2D eigenvalue weighted by atomic mass is 10.0. The fourth-order valence-electron chi connectivity index (χ4n) is 1.91. The van der Waals surface area contributed by atoms with Crippen molar-refractivity contribution in [2.75, 3.05) is 20.8 Å². The Balaban J connectivity index is 2.30. The Morgan fingerprint density at radius 3 is 2.53 bits per heavy atom. The van der Waals surface area contributed by atoms with Gasteiger partial charge in [0.1, 0.15) is 12.4 Å². The van der Waals surface area contributed by atoms with E-state index in [1.807, 2.05) is 30.3 Å². The monoisotopic (exact) mass is 260 g/mol. The minimum absolute atomic E-state index is 0.228. The molecule has 0 bridgehead atoms. The van der Waals surface area contributed by atoms with E-state index in [9.17, 15) is 4.79 Å². The maximum absolute atomic E-state index is 11.3. The molecule has 100 valence electrons. The standard InChI is InChI=1S/C15H16O4/c1-17-15(18-2)10-19-14-8-7-11-5-3-4-6-12(11)13(14)9-16/h3-9,15H,10H2,1-2H3. The van der Waals surface area contributed by atoms with E-state index in [0.29, 0.717) is 11.3 Å². The van der Waals surface area contributed by atoms with Crippen LogP contribution in [0.1, 0.15) is 10.4 Å². The molecule has 4 nitrogen and oxygen atoms in total. The highest BCUT2D eigenvalue weighted by molar-refractivity contribution is 6.00. The number of carbonyl (C=O) groups excluding carboxylic acids is 1. The molecule has 0 radical (unpaired) electrons. The Bertz CT molecular complexity index is 561. The first-order chi connectivity index (χ1) is 9.30. The zero-order valence-electron chi connectivity index (χ0n) is 11.0. The van der Waals surface area contributed by atoms with E-state index in [1.165, 1.54) is 0 Å². The quantitative estimate of drug-likeness (QED) is 0.591. The Morgan fingerprint density at radius 2 is 1.84 bits per heavy atom. The predicted molar refractivity (Wildman–Crippen MR) is 72.6 cm³/mol. The van der Waals surface area contributed by atoms with E-state index in [0.717, 1.165) is 17.1 Å². The van der Waals surface area contributed by atoms with Crippen LogP contribution in [0, 0.1) is 0 Å². The van der Waals surface area contributed by atoms with Gasteiger partial charge in [-0.1, -0.05) is 30.3 Å². The average Bonchev–Trinajstić information content (AvgIpc) is 2.47. The molecule has 0 unspecified atom stereocenters. The maximum Gasteiger partial charge on any atom is 0.191 e. The van der Waals surface area contributed by atoms with Gasteiger partial charge < -0.3 is 14.2 Å². The molecule has 0 aliphatic carbocycles. The molecule has 0 saturated heterocycles. The van der Waals surface area contributed by atoms with Gasteiger partial charge in [0.15, 0.2) is 12.6 Å². The predicted octanol–water partition coefficient (Wildman–Crippen LogP) is 2.65. The molecule has 0 heterocycles. The molecular weight excluding hydrogens is 244 g/mol. The molecule has 2 aromatic carbocycles. The van der Waals surface area contributed by atoms with Crippen molar-refractivity contribution in [1.29, 1.82) is 0 Å². The van der Waals surface area contributed by atoms with Crippen molar-refractivity contribution in [2.45, 2.75) is 6.29 Å². The zero-order chi connectivity index (χ0) is 13.7. The van der Waals surface area contributed by atoms with Crippen LogP contribution in [0.15, 0.2) is 36.4 Å². The van der Waals surface area contributed by atoms with Crippen LogP contribution in [-0.4, -0.2) is 33.4 Å². The van der Waals surface area contributed by atoms with E-state index in [4.69, 9.17) is 14.2 Å². The van der Waals surface area contributed by atoms with Crippen LogP contribution in [0.4, 0.5) is 0 Å². The highest BCUT2D eigenvalue weighted by atomic mass is 16.7. The minimum Gasteiger partial charge on any atom is -0.488 e. The number of fused-ring (bicyclic) bond motifs is 1. The molecule has 0 amide bonds. The molecule has 0 fully saturated rings. The highest BCUT2D eigenvalue weighted by Gasteiger charge is 2.11. The number of benzene rings is 2. The summed E-state index contributed by atoms with van der Waals surface area (Å²) in [5.74, 6) is 0.535. The van der Waals surface area contributed by atoms with Gasteiger partial charge in [0, 0.05) is 14.2 Å². The van der Waals surface area contributed by atoms with E-state index in [2.05, 4.69) is 0 Å². The van der Waals surface area contributed by atoms with Crippen LogP contribution in [0.2, 0.25) is 0 Å². The van der Waals surface area contributed by atoms with E-state index >= 15 is 0 Å². The molecule has 0 atom stereocenters. The Labute approximate surface area is 111 Å². The van der Waals surface area contributed by atoms with Crippen molar-refractivity contribution in [3.8, 4) is 5.75 Å². The molecule has 0 saturated carbocycles. The van der Waals surface area contributed by atoms with E-state index in [1.54, 1.807) is 20.3 Å². The van der Waals surface area contributed by atoms with Gasteiger partial charge in [-0.3, -0.25) is 4.79 Å². The number of rotatable bonds is 6. The summed E-state index contributed by atoms with van der Waals surface area (Å²) in [5, 5.41) is 1.88. The summed E-state index contributed by atoms with van der Waals surface area (Å²) < 4.78 is 15.7. The lowest BCUT2D eigenvalue weighted by Crippen LogP contribution is -2.22. The molecule has 0 aliphatic rings. The second kappa shape index (κ2) is 6.31. The third kappa shape index (κ3) is 2.92. The van der Waals surface area contributed by atoms with Crippen LogP contribution in [-0.2, 0) is 9.47 Å². The number of ether oxygens (including phenoxy) is 3. The van der Waals surface area contributed by atoms with Crippen LogP contribution in [0.3, 0.4) is 0 Å². The molecular formula is C15H16O4.